The fourth-order valence-corrected chi connectivity index (χ4v) is 4.96. The van der Waals surface area contributed by atoms with Crippen LogP contribution in [0.25, 0.3) is 0 Å². The van der Waals surface area contributed by atoms with E-state index in [1.165, 1.54) is 57.3 Å². The van der Waals surface area contributed by atoms with Crippen molar-refractivity contribution in [3.8, 4) is 0 Å². The highest BCUT2D eigenvalue weighted by Crippen LogP contribution is 2.19. The molecule has 0 heterocycles. The standard InChI is InChI=1S/C34H40N2/c1-25-23-29(9-7-27-13-19-33(35)20-14-27)11-17-31(25)5-3-4-6-32-18-12-30(24-26(32)2)10-8-28-15-21-34(36)22-16-28/h11-24H,3-10,35-36H2,1-2H3. The molecule has 4 rings (SSSR count). The van der Waals surface area contributed by atoms with Crippen LogP contribution < -0.4 is 11.5 Å². The van der Waals surface area contributed by atoms with Gasteiger partial charge < -0.3 is 11.5 Å². The quantitative estimate of drug-likeness (QED) is 0.173. The fourth-order valence-electron chi connectivity index (χ4n) is 4.96. The highest BCUT2D eigenvalue weighted by atomic mass is 14.5. The monoisotopic (exact) mass is 476 g/mol. The second-order valence-corrected chi connectivity index (χ2v) is 10.2. The molecule has 0 amide bonds. The number of hydrogen-bond donors (Lipinski definition) is 2. The molecule has 186 valence electrons. The minimum atomic E-state index is 0.830. The first-order valence-corrected chi connectivity index (χ1v) is 13.3. The van der Waals surface area contributed by atoms with Crippen molar-refractivity contribution in [2.45, 2.75) is 65.2 Å². The van der Waals surface area contributed by atoms with Crippen LogP contribution >= 0.6 is 0 Å². The molecule has 0 atom stereocenters. The molecule has 0 radical (unpaired) electrons. The minimum Gasteiger partial charge on any atom is -0.399 e. The summed E-state index contributed by atoms with van der Waals surface area (Å²) in [6.45, 7) is 4.52. The number of benzene rings is 4. The maximum absolute atomic E-state index is 5.80. The Kier molecular flexibility index (Phi) is 8.84. The maximum Gasteiger partial charge on any atom is 0.0314 e. The number of nitrogens with two attached hydrogens (primary N) is 2. The van der Waals surface area contributed by atoms with E-state index in [9.17, 15) is 0 Å². The van der Waals surface area contributed by atoms with Crippen molar-refractivity contribution >= 4 is 11.4 Å². The zero-order valence-corrected chi connectivity index (χ0v) is 21.9. The van der Waals surface area contributed by atoms with Gasteiger partial charge in [-0.1, -0.05) is 60.7 Å². The van der Waals surface area contributed by atoms with Gasteiger partial charge in [-0.2, -0.15) is 0 Å². The average Bonchev–Trinajstić information content (AvgIpc) is 2.88. The lowest BCUT2D eigenvalue weighted by molar-refractivity contribution is 0.729. The minimum absolute atomic E-state index is 0.830. The van der Waals surface area contributed by atoms with E-state index >= 15 is 0 Å². The second-order valence-electron chi connectivity index (χ2n) is 10.2. The van der Waals surface area contributed by atoms with Crippen LogP contribution in [-0.4, -0.2) is 0 Å². The van der Waals surface area contributed by atoms with Crippen molar-refractivity contribution in [3.05, 3.63) is 129 Å². The Labute approximate surface area is 217 Å². The molecule has 0 saturated carbocycles. The van der Waals surface area contributed by atoms with Gasteiger partial charge >= 0.3 is 0 Å². The number of unbranched alkanes of at least 4 members (excludes halogenated alkanes) is 1. The second kappa shape index (κ2) is 12.4. The first-order valence-electron chi connectivity index (χ1n) is 13.3. The maximum atomic E-state index is 5.80. The van der Waals surface area contributed by atoms with Crippen molar-refractivity contribution in [3.63, 3.8) is 0 Å². The van der Waals surface area contributed by atoms with Gasteiger partial charge in [0.1, 0.15) is 0 Å². The van der Waals surface area contributed by atoms with Gasteiger partial charge in [0.2, 0.25) is 0 Å². The molecule has 2 heteroatoms. The third kappa shape index (κ3) is 7.49. The predicted octanol–water partition coefficient (Wildman–Crippen LogP) is 7.60. The zero-order chi connectivity index (χ0) is 25.3. The molecule has 4 aromatic rings. The van der Waals surface area contributed by atoms with Crippen molar-refractivity contribution in [1.82, 2.24) is 0 Å². The zero-order valence-electron chi connectivity index (χ0n) is 21.9. The topological polar surface area (TPSA) is 52.0 Å². The van der Waals surface area contributed by atoms with E-state index in [2.05, 4.69) is 74.5 Å². The third-order valence-electron chi connectivity index (χ3n) is 7.32. The summed E-state index contributed by atoms with van der Waals surface area (Å²) in [5.74, 6) is 0. The lowest BCUT2D eigenvalue weighted by Gasteiger charge is -2.11. The number of aryl methyl sites for hydroxylation is 8. The van der Waals surface area contributed by atoms with Crippen LogP contribution in [0.3, 0.4) is 0 Å². The van der Waals surface area contributed by atoms with Gasteiger partial charge in [-0.3, -0.25) is 0 Å². The van der Waals surface area contributed by atoms with Gasteiger partial charge in [0.25, 0.3) is 0 Å². The largest absolute Gasteiger partial charge is 0.399 e. The van der Waals surface area contributed by atoms with E-state index in [0.29, 0.717) is 0 Å². The van der Waals surface area contributed by atoms with Crippen LogP contribution in [0.1, 0.15) is 57.3 Å². The normalized spacial score (nSPS) is 11.1. The summed E-state index contributed by atoms with van der Waals surface area (Å²) in [4.78, 5) is 0. The van der Waals surface area contributed by atoms with Crippen LogP contribution in [-0.2, 0) is 38.5 Å². The summed E-state index contributed by atoms with van der Waals surface area (Å²) in [5, 5.41) is 0. The summed E-state index contributed by atoms with van der Waals surface area (Å²) in [6, 6.07) is 30.5. The van der Waals surface area contributed by atoms with E-state index in [-0.39, 0.29) is 0 Å². The van der Waals surface area contributed by atoms with Crippen molar-refractivity contribution in [2.24, 2.45) is 0 Å². The van der Waals surface area contributed by atoms with Crippen LogP contribution in [0.4, 0.5) is 11.4 Å². The van der Waals surface area contributed by atoms with Gasteiger partial charge in [-0.25, -0.2) is 0 Å². The molecular weight excluding hydrogens is 436 g/mol. The molecule has 4 aromatic carbocycles. The first kappa shape index (κ1) is 25.6. The molecule has 0 unspecified atom stereocenters. The molecule has 4 N–H and O–H groups in total. The molecule has 0 aliphatic rings. The summed E-state index contributed by atoms with van der Waals surface area (Å²) in [6.07, 6.45) is 9.01. The Balaban J connectivity index is 1.21. The van der Waals surface area contributed by atoms with Crippen LogP contribution in [0.2, 0.25) is 0 Å². The van der Waals surface area contributed by atoms with Gasteiger partial charge in [0.05, 0.1) is 0 Å². The highest BCUT2D eigenvalue weighted by Gasteiger charge is 2.05. The van der Waals surface area contributed by atoms with E-state index in [1.807, 2.05) is 24.3 Å². The van der Waals surface area contributed by atoms with E-state index in [0.717, 1.165) is 49.9 Å². The Hall–Kier alpha value is -3.52. The summed E-state index contributed by atoms with van der Waals surface area (Å²) >= 11 is 0. The van der Waals surface area contributed by atoms with Gasteiger partial charge in [0, 0.05) is 11.4 Å². The number of anilines is 2. The van der Waals surface area contributed by atoms with Crippen LogP contribution in [0.5, 0.6) is 0 Å². The summed E-state index contributed by atoms with van der Waals surface area (Å²) in [5.41, 5.74) is 24.6. The SMILES string of the molecule is Cc1cc(CCc2ccc(N)cc2)ccc1CCCCc1ccc(CCc2ccc(N)cc2)cc1C. The Morgan fingerprint density at radius 2 is 0.750 bits per heavy atom. The third-order valence-corrected chi connectivity index (χ3v) is 7.32. The van der Waals surface area contributed by atoms with Gasteiger partial charge in [0.15, 0.2) is 0 Å². The molecule has 0 fully saturated rings. The molecule has 36 heavy (non-hydrogen) atoms. The van der Waals surface area contributed by atoms with Crippen molar-refractivity contribution in [1.29, 1.82) is 0 Å². The van der Waals surface area contributed by atoms with Crippen molar-refractivity contribution < 1.29 is 0 Å². The van der Waals surface area contributed by atoms with E-state index in [4.69, 9.17) is 11.5 Å². The molecule has 0 spiro atoms. The lowest BCUT2D eigenvalue weighted by atomic mass is 9.95. The lowest BCUT2D eigenvalue weighted by Crippen LogP contribution is -1.98. The average molecular weight is 477 g/mol. The number of hydrogen-bond acceptors (Lipinski definition) is 2. The Morgan fingerprint density at radius 3 is 1.11 bits per heavy atom. The van der Waals surface area contributed by atoms with Crippen LogP contribution in [0.15, 0.2) is 84.9 Å². The van der Waals surface area contributed by atoms with Crippen molar-refractivity contribution in [2.75, 3.05) is 11.5 Å². The smallest absolute Gasteiger partial charge is 0.0314 e. The first-order chi connectivity index (χ1) is 17.5. The van der Waals surface area contributed by atoms with E-state index < -0.39 is 0 Å². The van der Waals surface area contributed by atoms with Gasteiger partial charge in [-0.05, 0) is 134 Å². The predicted molar refractivity (Wildman–Crippen MR) is 156 cm³/mol. The Morgan fingerprint density at radius 1 is 0.417 bits per heavy atom. The number of nitrogen functional groups attached to an aromatic ring is 2. The van der Waals surface area contributed by atoms with E-state index in [1.54, 1.807) is 0 Å². The summed E-state index contributed by atoms with van der Waals surface area (Å²) in [7, 11) is 0. The molecule has 0 bridgehead atoms. The summed E-state index contributed by atoms with van der Waals surface area (Å²) < 4.78 is 0. The van der Waals surface area contributed by atoms with Crippen LogP contribution in [0, 0.1) is 13.8 Å². The molecule has 0 aromatic heterocycles. The van der Waals surface area contributed by atoms with Gasteiger partial charge in [-0.15, -0.1) is 0 Å². The molecular formula is C34H40N2. The Bertz CT molecular complexity index is 1150. The fraction of sp³-hybridized carbons (Fsp3) is 0.294. The molecule has 0 aliphatic heterocycles. The molecule has 0 saturated heterocycles. The molecule has 2 nitrogen and oxygen atoms in total. The molecule has 0 aliphatic carbocycles. The highest BCUT2D eigenvalue weighted by molar-refractivity contribution is 5.41. The number of rotatable bonds is 11.